The Morgan fingerprint density at radius 1 is 1.14 bits per heavy atom. The predicted octanol–water partition coefficient (Wildman–Crippen LogP) is 3.49. The molecule has 0 radical (unpaired) electrons. The quantitative estimate of drug-likeness (QED) is 0.886. The van der Waals surface area contributed by atoms with Gasteiger partial charge in [-0.15, -0.1) is 11.8 Å². The minimum absolute atomic E-state index is 0.482. The van der Waals surface area contributed by atoms with Gasteiger partial charge >= 0.3 is 5.97 Å². The summed E-state index contributed by atoms with van der Waals surface area (Å²) in [5, 5.41) is 17.9. The molecule has 0 spiro atoms. The molecule has 0 aliphatic rings. The van der Waals surface area contributed by atoms with E-state index in [1.54, 1.807) is 6.07 Å². The van der Waals surface area contributed by atoms with Crippen molar-refractivity contribution in [1.29, 1.82) is 5.26 Å². The molecule has 0 amide bonds. The Morgan fingerprint density at radius 3 is 2.48 bits per heavy atom. The van der Waals surface area contributed by atoms with Crippen LogP contribution in [-0.4, -0.2) is 16.3 Å². The molecule has 4 heteroatoms. The number of rotatable bonds is 6. The lowest BCUT2D eigenvalue weighted by Gasteiger charge is -2.12. The number of carboxylic acid groups (broad SMARTS) is 1. The maximum Gasteiger partial charge on any atom is 0.316 e. The summed E-state index contributed by atoms with van der Waals surface area (Å²) in [6.07, 6.45) is 0.482. The number of thioether (sulfide) groups is 1. The number of aliphatic carboxylic acids is 1. The third-order valence-electron chi connectivity index (χ3n) is 3.12. The Hall–Kier alpha value is -2.25. The normalized spacial score (nSPS) is 11.6. The Bertz CT molecular complexity index is 649. The molecule has 21 heavy (non-hydrogen) atoms. The Morgan fingerprint density at radius 2 is 1.81 bits per heavy atom. The predicted molar refractivity (Wildman–Crippen MR) is 84.0 cm³/mol. The minimum Gasteiger partial charge on any atom is -0.480 e. The number of hydrogen-bond acceptors (Lipinski definition) is 3. The maximum absolute atomic E-state index is 11.4. The Balaban J connectivity index is 2.04. The van der Waals surface area contributed by atoms with Crippen molar-refractivity contribution in [3.63, 3.8) is 0 Å². The van der Waals surface area contributed by atoms with Gasteiger partial charge in [0.25, 0.3) is 0 Å². The van der Waals surface area contributed by atoms with E-state index in [-0.39, 0.29) is 0 Å². The molecule has 0 saturated heterocycles. The van der Waals surface area contributed by atoms with Crippen LogP contribution in [0.3, 0.4) is 0 Å². The van der Waals surface area contributed by atoms with Crippen molar-refractivity contribution in [3.05, 3.63) is 71.3 Å². The first-order valence-electron chi connectivity index (χ1n) is 6.57. The van der Waals surface area contributed by atoms with Gasteiger partial charge < -0.3 is 5.11 Å². The number of benzene rings is 2. The molecule has 2 rings (SSSR count). The zero-order chi connectivity index (χ0) is 15.1. The van der Waals surface area contributed by atoms with Crippen LogP contribution in [0.25, 0.3) is 0 Å². The fourth-order valence-electron chi connectivity index (χ4n) is 1.99. The van der Waals surface area contributed by atoms with Crippen molar-refractivity contribution in [2.75, 3.05) is 0 Å². The van der Waals surface area contributed by atoms with Crippen LogP contribution in [0.5, 0.6) is 0 Å². The molecule has 1 atom stereocenters. The van der Waals surface area contributed by atoms with Crippen LogP contribution in [0.2, 0.25) is 0 Å². The molecular weight excluding hydrogens is 282 g/mol. The first-order valence-corrected chi connectivity index (χ1v) is 7.62. The zero-order valence-corrected chi connectivity index (χ0v) is 12.2. The van der Waals surface area contributed by atoms with Crippen LogP contribution in [0.1, 0.15) is 16.7 Å². The molecule has 3 nitrogen and oxygen atoms in total. The van der Waals surface area contributed by atoms with Gasteiger partial charge in [-0.2, -0.15) is 5.26 Å². The van der Waals surface area contributed by atoms with E-state index in [2.05, 4.69) is 6.07 Å². The van der Waals surface area contributed by atoms with Gasteiger partial charge in [0.1, 0.15) is 5.25 Å². The lowest BCUT2D eigenvalue weighted by atomic mass is 10.1. The standard InChI is InChI=1S/C17H15NO2S/c18-11-14-8-4-5-9-15(14)12-21-16(17(19)20)10-13-6-2-1-3-7-13/h1-9,16H,10,12H2,(H,19,20). The first-order chi connectivity index (χ1) is 10.2. The van der Waals surface area contributed by atoms with Crippen LogP contribution in [-0.2, 0) is 17.0 Å². The second-order valence-corrected chi connectivity index (χ2v) is 5.79. The summed E-state index contributed by atoms with van der Waals surface area (Å²) < 4.78 is 0. The SMILES string of the molecule is N#Cc1ccccc1CSC(Cc1ccccc1)C(=O)O. The summed E-state index contributed by atoms with van der Waals surface area (Å²) in [5.74, 6) is -0.300. The van der Waals surface area contributed by atoms with Gasteiger partial charge in [-0.25, -0.2) is 0 Å². The van der Waals surface area contributed by atoms with Crippen LogP contribution in [0.15, 0.2) is 54.6 Å². The summed E-state index contributed by atoms with van der Waals surface area (Å²) in [6, 6.07) is 19.0. The first kappa shape index (κ1) is 15.1. The Kier molecular flexibility index (Phi) is 5.42. The van der Waals surface area contributed by atoms with Gasteiger partial charge in [-0.05, 0) is 23.6 Å². The van der Waals surface area contributed by atoms with Crippen LogP contribution in [0.4, 0.5) is 0 Å². The highest BCUT2D eigenvalue weighted by Gasteiger charge is 2.19. The van der Waals surface area contributed by atoms with Gasteiger partial charge in [0, 0.05) is 5.75 Å². The van der Waals surface area contributed by atoms with E-state index in [1.165, 1.54) is 11.8 Å². The smallest absolute Gasteiger partial charge is 0.316 e. The van der Waals surface area contributed by atoms with Crippen LogP contribution < -0.4 is 0 Å². The highest BCUT2D eigenvalue weighted by Crippen LogP contribution is 2.23. The second kappa shape index (κ2) is 7.51. The maximum atomic E-state index is 11.4. The van der Waals surface area contributed by atoms with Crippen molar-refractivity contribution < 1.29 is 9.90 Å². The number of nitriles is 1. The number of carboxylic acids is 1. The largest absolute Gasteiger partial charge is 0.480 e. The average molecular weight is 297 g/mol. The van der Waals surface area contributed by atoms with Gasteiger partial charge in [-0.3, -0.25) is 4.79 Å². The van der Waals surface area contributed by atoms with Crippen molar-refractivity contribution in [2.24, 2.45) is 0 Å². The molecule has 0 bridgehead atoms. The van der Waals surface area contributed by atoms with E-state index in [4.69, 9.17) is 5.26 Å². The van der Waals surface area contributed by atoms with Gasteiger partial charge in [0.05, 0.1) is 11.6 Å². The summed E-state index contributed by atoms with van der Waals surface area (Å²) in [7, 11) is 0. The molecule has 0 aromatic heterocycles. The molecule has 2 aromatic rings. The fourth-order valence-corrected chi connectivity index (χ4v) is 3.08. The third kappa shape index (κ3) is 4.37. The molecule has 2 aromatic carbocycles. The molecule has 0 fully saturated rings. The highest BCUT2D eigenvalue weighted by molar-refractivity contribution is 7.99. The lowest BCUT2D eigenvalue weighted by Crippen LogP contribution is -2.19. The van der Waals surface area contributed by atoms with E-state index in [1.807, 2.05) is 48.5 Å². The molecule has 0 aliphatic heterocycles. The fraction of sp³-hybridized carbons (Fsp3) is 0.176. The third-order valence-corrected chi connectivity index (χ3v) is 4.37. The molecule has 0 saturated carbocycles. The van der Waals surface area contributed by atoms with Crippen molar-refractivity contribution in [1.82, 2.24) is 0 Å². The van der Waals surface area contributed by atoms with Gasteiger partial charge in [0.2, 0.25) is 0 Å². The van der Waals surface area contributed by atoms with Gasteiger partial charge in [-0.1, -0.05) is 48.5 Å². The average Bonchev–Trinajstić information content (AvgIpc) is 2.52. The molecule has 106 valence electrons. The molecule has 0 heterocycles. The van der Waals surface area contributed by atoms with E-state index in [0.29, 0.717) is 17.7 Å². The zero-order valence-electron chi connectivity index (χ0n) is 11.4. The number of carbonyl (C=O) groups is 1. The molecule has 1 unspecified atom stereocenters. The second-order valence-electron chi connectivity index (χ2n) is 4.60. The van der Waals surface area contributed by atoms with Crippen LogP contribution >= 0.6 is 11.8 Å². The summed E-state index contributed by atoms with van der Waals surface area (Å²) in [6.45, 7) is 0. The minimum atomic E-state index is -0.821. The van der Waals surface area contributed by atoms with Crippen LogP contribution in [0, 0.1) is 11.3 Å². The summed E-state index contributed by atoms with van der Waals surface area (Å²) >= 11 is 1.36. The summed E-state index contributed by atoms with van der Waals surface area (Å²) in [5.41, 5.74) is 2.49. The van der Waals surface area contributed by atoms with Gasteiger partial charge in [0.15, 0.2) is 0 Å². The van der Waals surface area contributed by atoms with E-state index >= 15 is 0 Å². The Labute approximate surface area is 128 Å². The van der Waals surface area contributed by atoms with E-state index in [0.717, 1.165) is 11.1 Å². The highest BCUT2D eigenvalue weighted by atomic mass is 32.2. The van der Waals surface area contributed by atoms with E-state index < -0.39 is 11.2 Å². The number of nitrogens with zero attached hydrogens (tertiary/aromatic N) is 1. The van der Waals surface area contributed by atoms with Crippen molar-refractivity contribution in [3.8, 4) is 6.07 Å². The van der Waals surface area contributed by atoms with E-state index in [9.17, 15) is 9.90 Å². The molecule has 0 aliphatic carbocycles. The summed E-state index contributed by atoms with van der Waals surface area (Å²) in [4.78, 5) is 11.4. The van der Waals surface area contributed by atoms with Crippen molar-refractivity contribution in [2.45, 2.75) is 17.4 Å². The van der Waals surface area contributed by atoms with Crippen molar-refractivity contribution >= 4 is 17.7 Å². The monoisotopic (exact) mass is 297 g/mol. The topological polar surface area (TPSA) is 61.1 Å². The lowest BCUT2D eigenvalue weighted by molar-refractivity contribution is -0.136. The number of hydrogen-bond donors (Lipinski definition) is 1. The molecular formula is C17H15NO2S. The molecule has 1 N–H and O–H groups in total.